The van der Waals surface area contributed by atoms with Gasteiger partial charge in [0.1, 0.15) is 0 Å². The summed E-state index contributed by atoms with van der Waals surface area (Å²) in [5.74, 6) is 0.506. The summed E-state index contributed by atoms with van der Waals surface area (Å²) in [5.41, 5.74) is 2.49. The molecule has 4 rings (SSSR count). The molecule has 0 bridgehead atoms. The van der Waals surface area contributed by atoms with Crippen molar-refractivity contribution in [3.05, 3.63) is 66.2 Å². The molecule has 5 heteroatoms. The average Bonchev–Trinajstić information content (AvgIpc) is 3.22. The zero-order valence-corrected chi connectivity index (χ0v) is 16.6. The van der Waals surface area contributed by atoms with E-state index in [1.54, 1.807) is 0 Å². The summed E-state index contributed by atoms with van der Waals surface area (Å²) in [7, 11) is 2.13. The van der Waals surface area contributed by atoms with Gasteiger partial charge in [-0.3, -0.25) is 0 Å². The molecule has 28 heavy (non-hydrogen) atoms. The molecule has 0 aliphatic carbocycles. The van der Waals surface area contributed by atoms with Gasteiger partial charge in [0.15, 0.2) is 0 Å². The molecule has 2 fully saturated rings. The molecule has 2 unspecified atom stereocenters. The van der Waals surface area contributed by atoms with E-state index in [-0.39, 0.29) is 12.1 Å². The molecule has 2 amide bonds. The van der Waals surface area contributed by atoms with Gasteiger partial charge >= 0.3 is 6.03 Å². The van der Waals surface area contributed by atoms with Gasteiger partial charge in [-0.05, 0) is 37.1 Å². The molecule has 0 saturated carbocycles. The molecule has 2 aliphatic rings. The molecule has 1 N–H and O–H groups in total. The van der Waals surface area contributed by atoms with Crippen molar-refractivity contribution >= 4 is 11.7 Å². The number of rotatable bonds is 4. The number of urea groups is 1. The van der Waals surface area contributed by atoms with E-state index in [1.807, 2.05) is 11.0 Å². The quantitative estimate of drug-likeness (QED) is 0.888. The highest BCUT2D eigenvalue weighted by atomic mass is 16.2. The fraction of sp³-hybridized carbons (Fsp3) is 0.435. The number of carbonyl (C=O) groups excluding carboxylic acids is 1. The molecule has 148 valence electrons. The first-order valence-corrected chi connectivity index (χ1v) is 10.3. The van der Waals surface area contributed by atoms with Crippen LogP contribution in [0.2, 0.25) is 0 Å². The lowest BCUT2D eigenvalue weighted by molar-refractivity contribution is 0.108. The van der Waals surface area contributed by atoms with Crippen molar-refractivity contribution in [3.8, 4) is 0 Å². The van der Waals surface area contributed by atoms with Crippen LogP contribution in [0.1, 0.15) is 18.0 Å². The van der Waals surface area contributed by atoms with Gasteiger partial charge in [-0.1, -0.05) is 48.5 Å². The first-order valence-electron chi connectivity index (χ1n) is 10.3. The summed E-state index contributed by atoms with van der Waals surface area (Å²) in [6, 6.07) is 21.1. The van der Waals surface area contributed by atoms with Gasteiger partial charge in [0.2, 0.25) is 0 Å². The SMILES string of the molecule is CN1CCN(C(=O)NCC2CCN(c3ccccc3)C2)C(c2ccccc2)C1. The minimum absolute atomic E-state index is 0.0696. The van der Waals surface area contributed by atoms with Gasteiger partial charge in [0.05, 0.1) is 6.04 Å². The van der Waals surface area contributed by atoms with Crippen molar-refractivity contribution in [1.82, 2.24) is 15.1 Å². The normalized spacial score (nSPS) is 23.0. The van der Waals surface area contributed by atoms with E-state index >= 15 is 0 Å². The molecule has 2 aromatic carbocycles. The maximum Gasteiger partial charge on any atom is 0.318 e. The van der Waals surface area contributed by atoms with Crippen molar-refractivity contribution in [1.29, 1.82) is 0 Å². The predicted molar refractivity (Wildman–Crippen MR) is 114 cm³/mol. The highest BCUT2D eigenvalue weighted by molar-refractivity contribution is 5.75. The van der Waals surface area contributed by atoms with Gasteiger partial charge in [0, 0.05) is 45.0 Å². The van der Waals surface area contributed by atoms with Crippen LogP contribution in [0, 0.1) is 5.92 Å². The number of hydrogen-bond donors (Lipinski definition) is 1. The number of nitrogens with one attached hydrogen (secondary N) is 1. The van der Waals surface area contributed by atoms with Crippen molar-refractivity contribution in [2.24, 2.45) is 5.92 Å². The summed E-state index contributed by atoms with van der Waals surface area (Å²) >= 11 is 0. The number of likely N-dealkylation sites (N-methyl/N-ethyl adjacent to an activating group) is 1. The molecule has 0 spiro atoms. The summed E-state index contributed by atoms with van der Waals surface area (Å²) in [6.07, 6.45) is 1.13. The number of hydrogen-bond acceptors (Lipinski definition) is 3. The van der Waals surface area contributed by atoms with Crippen LogP contribution in [-0.4, -0.2) is 62.1 Å². The molecular formula is C23H30N4O. The Labute approximate surface area is 167 Å². The summed E-state index contributed by atoms with van der Waals surface area (Å²) < 4.78 is 0. The van der Waals surface area contributed by atoms with Crippen LogP contribution in [0.3, 0.4) is 0 Å². The Balaban J connectivity index is 1.34. The number of benzene rings is 2. The summed E-state index contributed by atoms with van der Waals surface area (Å²) in [4.78, 5) is 19.7. The van der Waals surface area contributed by atoms with Crippen molar-refractivity contribution in [2.45, 2.75) is 12.5 Å². The highest BCUT2D eigenvalue weighted by Crippen LogP contribution is 2.26. The van der Waals surface area contributed by atoms with E-state index in [4.69, 9.17) is 0 Å². The lowest BCUT2D eigenvalue weighted by atomic mass is 10.0. The predicted octanol–water partition coefficient (Wildman–Crippen LogP) is 3.21. The summed E-state index contributed by atoms with van der Waals surface area (Å²) in [6.45, 7) is 5.38. The average molecular weight is 379 g/mol. The Morgan fingerprint density at radius 3 is 2.43 bits per heavy atom. The molecular weight excluding hydrogens is 348 g/mol. The number of para-hydroxylation sites is 1. The Bertz CT molecular complexity index is 767. The molecule has 2 aliphatic heterocycles. The monoisotopic (exact) mass is 378 g/mol. The fourth-order valence-corrected chi connectivity index (χ4v) is 4.33. The van der Waals surface area contributed by atoms with E-state index in [0.29, 0.717) is 5.92 Å². The number of nitrogens with zero attached hydrogens (tertiary/aromatic N) is 3. The molecule has 5 nitrogen and oxygen atoms in total. The van der Waals surface area contributed by atoms with E-state index in [2.05, 4.69) is 76.8 Å². The maximum absolute atomic E-state index is 13.0. The van der Waals surface area contributed by atoms with E-state index < -0.39 is 0 Å². The third-order valence-electron chi connectivity index (χ3n) is 5.98. The third-order valence-corrected chi connectivity index (χ3v) is 5.98. The van der Waals surface area contributed by atoms with Crippen molar-refractivity contribution < 1.29 is 4.79 Å². The molecule has 2 atom stereocenters. The van der Waals surface area contributed by atoms with Gasteiger partial charge in [-0.25, -0.2) is 4.79 Å². The molecule has 2 heterocycles. The Morgan fingerprint density at radius 1 is 0.964 bits per heavy atom. The van der Waals surface area contributed by atoms with E-state index in [9.17, 15) is 4.79 Å². The summed E-state index contributed by atoms with van der Waals surface area (Å²) in [5, 5.41) is 3.22. The second-order valence-corrected chi connectivity index (χ2v) is 8.00. The largest absolute Gasteiger partial charge is 0.371 e. The van der Waals surface area contributed by atoms with Crippen LogP contribution in [0.15, 0.2) is 60.7 Å². The van der Waals surface area contributed by atoms with Gasteiger partial charge < -0.3 is 20.0 Å². The Morgan fingerprint density at radius 2 is 1.68 bits per heavy atom. The zero-order chi connectivity index (χ0) is 19.3. The topological polar surface area (TPSA) is 38.8 Å². The van der Waals surface area contributed by atoms with Crippen molar-refractivity contribution in [3.63, 3.8) is 0 Å². The van der Waals surface area contributed by atoms with Crippen molar-refractivity contribution in [2.75, 3.05) is 51.2 Å². The number of piperazine rings is 1. The smallest absolute Gasteiger partial charge is 0.318 e. The van der Waals surface area contributed by atoms with Gasteiger partial charge in [0.25, 0.3) is 0 Å². The zero-order valence-electron chi connectivity index (χ0n) is 16.6. The second-order valence-electron chi connectivity index (χ2n) is 8.00. The molecule has 2 aromatic rings. The Kier molecular flexibility index (Phi) is 5.81. The number of anilines is 1. The minimum Gasteiger partial charge on any atom is -0.371 e. The van der Waals surface area contributed by atoms with Crippen LogP contribution in [0.4, 0.5) is 10.5 Å². The molecule has 2 saturated heterocycles. The first-order chi connectivity index (χ1) is 13.7. The minimum atomic E-state index is 0.0696. The van der Waals surface area contributed by atoms with Crippen LogP contribution in [-0.2, 0) is 0 Å². The second kappa shape index (κ2) is 8.65. The lowest BCUT2D eigenvalue weighted by Gasteiger charge is -2.40. The molecule has 0 aromatic heterocycles. The number of carbonyl (C=O) groups is 1. The standard InChI is InChI=1S/C23H30N4O/c1-25-14-15-27(22(18-25)20-8-4-2-5-9-20)23(28)24-16-19-12-13-26(17-19)21-10-6-3-7-11-21/h2-11,19,22H,12-18H2,1H3,(H,24,28). The fourth-order valence-electron chi connectivity index (χ4n) is 4.33. The highest BCUT2D eigenvalue weighted by Gasteiger charge is 2.31. The van der Waals surface area contributed by atoms with E-state index in [1.165, 1.54) is 11.3 Å². The van der Waals surface area contributed by atoms with Crippen LogP contribution < -0.4 is 10.2 Å². The van der Waals surface area contributed by atoms with Gasteiger partial charge in [-0.2, -0.15) is 0 Å². The molecule has 0 radical (unpaired) electrons. The van der Waals surface area contributed by atoms with Crippen LogP contribution in [0.5, 0.6) is 0 Å². The maximum atomic E-state index is 13.0. The number of amides is 2. The van der Waals surface area contributed by atoms with E-state index in [0.717, 1.165) is 45.7 Å². The third kappa shape index (κ3) is 4.30. The Hall–Kier alpha value is -2.53. The van der Waals surface area contributed by atoms with Crippen LogP contribution in [0.25, 0.3) is 0 Å². The van der Waals surface area contributed by atoms with Crippen LogP contribution >= 0.6 is 0 Å². The van der Waals surface area contributed by atoms with Gasteiger partial charge in [-0.15, -0.1) is 0 Å². The lowest BCUT2D eigenvalue weighted by Crippen LogP contribution is -2.53. The first kappa shape index (κ1) is 18.8.